The van der Waals surface area contributed by atoms with E-state index in [1.807, 2.05) is 32.9 Å². The number of hydrogen-bond donors (Lipinski definition) is 2. The largest absolute Gasteiger partial charge is 0.507 e. The van der Waals surface area contributed by atoms with Crippen molar-refractivity contribution in [1.82, 2.24) is 5.43 Å². The Morgan fingerprint density at radius 3 is 2.50 bits per heavy atom. The third-order valence-electron chi connectivity index (χ3n) is 3.52. The van der Waals surface area contributed by atoms with Crippen molar-refractivity contribution in [1.29, 1.82) is 0 Å². The van der Waals surface area contributed by atoms with E-state index in [0.717, 1.165) is 11.3 Å². The van der Waals surface area contributed by atoms with Gasteiger partial charge in [-0.15, -0.1) is 0 Å². The zero-order chi connectivity index (χ0) is 17.5. The van der Waals surface area contributed by atoms with Gasteiger partial charge in [-0.05, 0) is 56.7 Å². The van der Waals surface area contributed by atoms with Gasteiger partial charge in [0.25, 0.3) is 5.91 Å². The highest BCUT2D eigenvalue weighted by Gasteiger charge is 2.10. The molecule has 2 aromatic rings. The van der Waals surface area contributed by atoms with E-state index in [1.54, 1.807) is 30.3 Å². The number of hydrazone groups is 1. The molecular weight excluding hydrogens is 304 g/mol. The van der Waals surface area contributed by atoms with Crippen molar-refractivity contribution in [2.45, 2.75) is 27.2 Å². The Morgan fingerprint density at radius 2 is 1.88 bits per heavy atom. The van der Waals surface area contributed by atoms with E-state index in [0.29, 0.717) is 29.9 Å². The number of phenols is 1. The summed E-state index contributed by atoms with van der Waals surface area (Å²) < 4.78 is 5.35. The van der Waals surface area contributed by atoms with Crippen molar-refractivity contribution in [3.63, 3.8) is 0 Å². The predicted molar refractivity (Wildman–Crippen MR) is 94.7 cm³/mol. The molecule has 0 unspecified atom stereocenters. The maximum absolute atomic E-state index is 12.2. The van der Waals surface area contributed by atoms with Gasteiger partial charge >= 0.3 is 0 Å². The van der Waals surface area contributed by atoms with Gasteiger partial charge in [-0.1, -0.05) is 18.6 Å². The van der Waals surface area contributed by atoms with E-state index in [-0.39, 0.29) is 11.7 Å². The number of amides is 1. The molecule has 0 fully saturated rings. The SMILES string of the molecule is CCOc1ccc(C(=O)N/N=C(\CC)c2cc(C)ccc2O)cc1. The first-order valence-corrected chi connectivity index (χ1v) is 7.94. The van der Waals surface area contributed by atoms with Gasteiger partial charge in [0.1, 0.15) is 11.5 Å². The molecule has 0 saturated carbocycles. The maximum Gasteiger partial charge on any atom is 0.271 e. The molecule has 1 amide bonds. The van der Waals surface area contributed by atoms with Crippen LogP contribution >= 0.6 is 0 Å². The lowest BCUT2D eigenvalue weighted by molar-refractivity contribution is 0.0954. The minimum absolute atomic E-state index is 0.150. The molecule has 0 aliphatic heterocycles. The summed E-state index contributed by atoms with van der Waals surface area (Å²) in [5.41, 5.74) is 5.30. The Hall–Kier alpha value is -2.82. The van der Waals surface area contributed by atoms with Gasteiger partial charge in [-0.2, -0.15) is 5.10 Å². The first kappa shape index (κ1) is 17.5. The molecular formula is C19H22N2O3. The lowest BCUT2D eigenvalue weighted by atomic mass is 10.0. The average Bonchev–Trinajstić information content (AvgIpc) is 2.59. The summed E-state index contributed by atoms with van der Waals surface area (Å²) >= 11 is 0. The summed E-state index contributed by atoms with van der Waals surface area (Å²) in [6.45, 7) is 6.34. The molecule has 0 heterocycles. The van der Waals surface area contributed by atoms with Crippen LogP contribution in [0.4, 0.5) is 0 Å². The van der Waals surface area contributed by atoms with E-state index in [9.17, 15) is 9.90 Å². The third-order valence-corrected chi connectivity index (χ3v) is 3.52. The Kier molecular flexibility index (Phi) is 5.95. The average molecular weight is 326 g/mol. The van der Waals surface area contributed by atoms with Crippen LogP contribution in [0.3, 0.4) is 0 Å². The number of carbonyl (C=O) groups excluding carboxylic acids is 1. The number of carbonyl (C=O) groups is 1. The second-order valence-corrected chi connectivity index (χ2v) is 5.33. The highest BCUT2D eigenvalue weighted by Crippen LogP contribution is 2.20. The number of aryl methyl sites for hydroxylation is 1. The van der Waals surface area contributed by atoms with Crippen molar-refractivity contribution in [3.8, 4) is 11.5 Å². The van der Waals surface area contributed by atoms with Crippen molar-refractivity contribution in [3.05, 3.63) is 59.2 Å². The molecule has 0 radical (unpaired) electrons. The van der Waals surface area contributed by atoms with Gasteiger partial charge in [-0.3, -0.25) is 4.79 Å². The second kappa shape index (κ2) is 8.15. The molecule has 0 aliphatic rings. The number of nitrogens with zero attached hydrogens (tertiary/aromatic N) is 1. The van der Waals surface area contributed by atoms with E-state index in [2.05, 4.69) is 10.5 Å². The van der Waals surface area contributed by atoms with Crippen LogP contribution in [-0.2, 0) is 0 Å². The highest BCUT2D eigenvalue weighted by molar-refractivity contribution is 6.04. The number of phenolic OH excluding ortho intramolecular Hbond substituents is 1. The summed E-state index contributed by atoms with van der Waals surface area (Å²) in [4.78, 5) is 12.2. The Morgan fingerprint density at radius 1 is 1.17 bits per heavy atom. The first-order chi connectivity index (χ1) is 11.5. The number of benzene rings is 2. The quantitative estimate of drug-likeness (QED) is 0.629. The standard InChI is InChI=1S/C19H22N2O3/c1-4-17(16-12-13(3)6-11-18(16)22)20-21-19(23)14-7-9-15(10-8-14)24-5-2/h6-12,22H,4-5H2,1-3H3,(H,21,23)/b20-17+. The van der Waals surface area contributed by atoms with Crippen LogP contribution in [0, 0.1) is 6.92 Å². The monoisotopic (exact) mass is 326 g/mol. The van der Waals surface area contributed by atoms with Gasteiger partial charge in [0, 0.05) is 11.1 Å². The number of rotatable bonds is 6. The topological polar surface area (TPSA) is 70.9 Å². The van der Waals surface area contributed by atoms with Crippen molar-refractivity contribution < 1.29 is 14.6 Å². The van der Waals surface area contributed by atoms with Crippen molar-refractivity contribution >= 4 is 11.6 Å². The Bertz CT molecular complexity index is 737. The fourth-order valence-electron chi connectivity index (χ4n) is 2.26. The molecule has 2 N–H and O–H groups in total. The summed E-state index contributed by atoms with van der Waals surface area (Å²) in [7, 11) is 0. The fraction of sp³-hybridized carbons (Fsp3) is 0.263. The van der Waals surface area contributed by atoms with Gasteiger partial charge in [0.2, 0.25) is 0 Å². The van der Waals surface area contributed by atoms with Gasteiger partial charge in [-0.25, -0.2) is 5.43 Å². The minimum Gasteiger partial charge on any atom is -0.507 e. The normalized spacial score (nSPS) is 11.2. The summed E-state index contributed by atoms with van der Waals surface area (Å²) in [5, 5.41) is 14.2. The molecule has 2 rings (SSSR count). The molecule has 24 heavy (non-hydrogen) atoms. The van der Waals surface area contributed by atoms with Crippen LogP contribution < -0.4 is 10.2 Å². The van der Waals surface area contributed by atoms with Gasteiger partial charge in [0.15, 0.2) is 0 Å². The Balaban J connectivity index is 2.14. The summed E-state index contributed by atoms with van der Waals surface area (Å²) in [6, 6.07) is 12.2. The van der Waals surface area contributed by atoms with Gasteiger partial charge < -0.3 is 9.84 Å². The number of ether oxygens (including phenoxy) is 1. The molecule has 0 aromatic heterocycles. The summed E-state index contributed by atoms with van der Waals surface area (Å²) in [6.07, 6.45) is 0.584. The molecule has 0 spiro atoms. The highest BCUT2D eigenvalue weighted by atomic mass is 16.5. The van der Waals surface area contributed by atoms with Crippen molar-refractivity contribution in [2.24, 2.45) is 5.10 Å². The van der Waals surface area contributed by atoms with Gasteiger partial charge in [0.05, 0.1) is 12.3 Å². The maximum atomic E-state index is 12.2. The lowest BCUT2D eigenvalue weighted by Crippen LogP contribution is -2.20. The van der Waals surface area contributed by atoms with E-state index >= 15 is 0 Å². The molecule has 0 bridgehead atoms. The molecule has 0 saturated heterocycles. The molecule has 5 nitrogen and oxygen atoms in total. The minimum atomic E-state index is -0.309. The molecule has 2 aromatic carbocycles. The van der Waals surface area contributed by atoms with Crippen LogP contribution in [0.25, 0.3) is 0 Å². The predicted octanol–water partition coefficient (Wildman–Crippen LogP) is 3.64. The molecule has 5 heteroatoms. The number of hydrogen-bond acceptors (Lipinski definition) is 4. The zero-order valence-electron chi connectivity index (χ0n) is 14.2. The summed E-state index contributed by atoms with van der Waals surface area (Å²) in [5.74, 6) is 0.559. The molecule has 126 valence electrons. The van der Waals surface area contributed by atoms with Crippen LogP contribution in [0.1, 0.15) is 41.8 Å². The number of aromatic hydroxyl groups is 1. The lowest BCUT2D eigenvalue weighted by Gasteiger charge is -2.09. The second-order valence-electron chi connectivity index (χ2n) is 5.33. The van der Waals surface area contributed by atoms with E-state index < -0.39 is 0 Å². The van der Waals surface area contributed by atoms with E-state index in [4.69, 9.17) is 4.74 Å². The fourth-order valence-corrected chi connectivity index (χ4v) is 2.26. The van der Waals surface area contributed by atoms with E-state index in [1.165, 1.54) is 0 Å². The molecule has 0 atom stereocenters. The van der Waals surface area contributed by atoms with Crippen LogP contribution in [0.2, 0.25) is 0 Å². The Labute approximate surface area is 142 Å². The van der Waals surface area contributed by atoms with Crippen LogP contribution in [0.5, 0.6) is 11.5 Å². The smallest absolute Gasteiger partial charge is 0.271 e. The number of nitrogens with one attached hydrogen (secondary N) is 1. The first-order valence-electron chi connectivity index (χ1n) is 7.94. The third kappa shape index (κ3) is 4.35. The van der Waals surface area contributed by atoms with Crippen LogP contribution in [-0.4, -0.2) is 23.3 Å². The molecule has 0 aliphatic carbocycles. The van der Waals surface area contributed by atoms with Crippen LogP contribution in [0.15, 0.2) is 47.6 Å². The van der Waals surface area contributed by atoms with Crippen molar-refractivity contribution in [2.75, 3.05) is 6.61 Å². The zero-order valence-corrected chi connectivity index (χ0v) is 14.2.